The van der Waals surface area contributed by atoms with E-state index in [9.17, 15) is 5.11 Å². The number of β-amino-alcohol motifs (C(OH)–C–C–N with tert-alkyl or cyclic N) is 1. The van der Waals surface area contributed by atoms with Crippen LogP contribution < -0.4 is 24.3 Å². The monoisotopic (exact) mass is 712 g/mol. The number of aliphatic hydroxyl groups is 1. The molecule has 7 rings (SSSR count). The molecule has 4 aromatic rings. The number of piperazine rings is 2. The molecule has 2 unspecified atom stereocenters. The van der Waals surface area contributed by atoms with Gasteiger partial charge in [-0.2, -0.15) is 0 Å². The van der Waals surface area contributed by atoms with E-state index >= 15 is 0 Å². The zero-order valence-corrected chi connectivity index (χ0v) is 30.8. The number of benzene rings is 4. The molecule has 2 atom stereocenters. The highest BCUT2D eigenvalue weighted by Gasteiger charge is 2.23. The van der Waals surface area contributed by atoms with Gasteiger partial charge in [0.2, 0.25) is 0 Å². The van der Waals surface area contributed by atoms with Gasteiger partial charge in [-0.3, -0.25) is 14.7 Å². The van der Waals surface area contributed by atoms with Gasteiger partial charge in [-0.25, -0.2) is 0 Å². The summed E-state index contributed by atoms with van der Waals surface area (Å²) in [6.45, 7) is 13.2. The zero-order valence-electron chi connectivity index (χ0n) is 30.8. The second kappa shape index (κ2) is 22.0. The van der Waals surface area contributed by atoms with Crippen LogP contribution in [0.25, 0.3) is 0 Å². The van der Waals surface area contributed by atoms with Crippen molar-refractivity contribution in [1.82, 2.24) is 20.0 Å². The highest BCUT2D eigenvalue weighted by Crippen LogP contribution is 2.19. The molecule has 0 saturated carbocycles. The van der Waals surface area contributed by atoms with E-state index in [1.165, 1.54) is 24.2 Å². The van der Waals surface area contributed by atoms with Crippen LogP contribution in [0.4, 0.5) is 0 Å². The molecule has 0 bridgehead atoms. The molecule has 280 valence electrons. The summed E-state index contributed by atoms with van der Waals surface area (Å²) in [5.74, 6) is 3.25. The molecular formula is C42H56N4O6. The fraction of sp³-hybridized carbons (Fsp3) is 0.429. The molecule has 3 saturated heterocycles. The first-order valence-electron chi connectivity index (χ1n) is 18.4. The molecule has 0 spiro atoms. The lowest BCUT2D eigenvalue weighted by Gasteiger charge is -2.35. The lowest BCUT2D eigenvalue weighted by Crippen LogP contribution is -2.48. The van der Waals surface area contributed by atoms with Gasteiger partial charge in [0.1, 0.15) is 48.4 Å². The standard InChI is InChI=1S/C21H28N2O3.C11H16N2.C10H12O3/c1-25-20-7-9-21(10-8-20)26-17-19(24)16-23-13-11-22(12-14-23)15-18-5-3-2-4-6-18;1-2-4-11(5-3-1)10-13-8-6-12-7-9-13;1-11-8-2-4-9(5-3-8)12-6-10-7-13-10/h2-10,19,24H,11-17H2,1H3;1-5,12H,6-10H2;2-5,10H,6-7H2,1H3. The van der Waals surface area contributed by atoms with E-state index in [0.717, 1.165) is 82.0 Å². The molecule has 3 heterocycles. The fourth-order valence-corrected chi connectivity index (χ4v) is 5.92. The third-order valence-corrected chi connectivity index (χ3v) is 9.04. The van der Waals surface area contributed by atoms with Crippen molar-refractivity contribution in [3.8, 4) is 23.0 Å². The van der Waals surface area contributed by atoms with Crippen molar-refractivity contribution in [2.75, 3.05) is 92.9 Å². The maximum atomic E-state index is 10.3. The number of methoxy groups -OCH3 is 2. The number of ether oxygens (including phenoxy) is 5. The smallest absolute Gasteiger partial charge is 0.119 e. The maximum Gasteiger partial charge on any atom is 0.119 e. The quantitative estimate of drug-likeness (QED) is 0.178. The molecule has 0 radical (unpaired) electrons. The fourth-order valence-electron chi connectivity index (χ4n) is 5.92. The minimum Gasteiger partial charge on any atom is -0.497 e. The van der Waals surface area contributed by atoms with Crippen LogP contribution in [0.1, 0.15) is 11.1 Å². The van der Waals surface area contributed by atoms with Gasteiger partial charge in [0.05, 0.1) is 20.8 Å². The van der Waals surface area contributed by atoms with Crippen LogP contribution in [0.2, 0.25) is 0 Å². The van der Waals surface area contributed by atoms with Crippen LogP contribution in [0.15, 0.2) is 109 Å². The van der Waals surface area contributed by atoms with Gasteiger partial charge in [0.15, 0.2) is 0 Å². The Morgan fingerprint density at radius 3 is 1.54 bits per heavy atom. The van der Waals surface area contributed by atoms with E-state index in [4.69, 9.17) is 23.7 Å². The maximum absolute atomic E-state index is 10.3. The first kappa shape index (κ1) is 39.1. The van der Waals surface area contributed by atoms with Crippen LogP contribution in [0, 0.1) is 0 Å². The molecule has 0 aliphatic carbocycles. The molecule has 52 heavy (non-hydrogen) atoms. The minimum absolute atomic E-state index is 0.302. The van der Waals surface area contributed by atoms with Gasteiger partial charge >= 0.3 is 0 Å². The number of epoxide rings is 1. The van der Waals surface area contributed by atoms with Crippen molar-refractivity contribution in [2.24, 2.45) is 0 Å². The van der Waals surface area contributed by atoms with Gasteiger partial charge in [0.25, 0.3) is 0 Å². The summed E-state index contributed by atoms with van der Waals surface area (Å²) in [4.78, 5) is 7.27. The number of hydrogen-bond donors (Lipinski definition) is 2. The second-order valence-electron chi connectivity index (χ2n) is 13.2. The van der Waals surface area contributed by atoms with Crippen molar-refractivity contribution in [1.29, 1.82) is 0 Å². The summed E-state index contributed by atoms with van der Waals surface area (Å²) in [7, 11) is 3.28. The number of nitrogens with zero attached hydrogens (tertiary/aromatic N) is 3. The van der Waals surface area contributed by atoms with E-state index in [2.05, 4.69) is 80.7 Å². The number of aliphatic hydroxyl groups excluding tert-OH is 1. The molecule has 2 N–H and O–H groups in total. The van der Waals surface area contributed by atoms with Crippen molar-refractivity contribution >= 4 is 0 Å². The first-order valence-corrected chi connectivity index (χ1v) is 18.4. The van der Waals surface area contributed by atoms with Gasteiger partial charge in [0, 0.05) is 72.0 Å². The number of hydrogen-bond acceptors (Lipinski definition) is 10. The average Bonchev–Trinajstić information content (AvgIpc) is 4.04. The highest BCUT2D eigenvalue weighted by atomic mass is 16.6. The van der Waals surface area contributed by atoms with Crippen molar-refractivity contribution in [3.63, 3.8) is 0 Å². The SMILES string of the molecule is COc1ccc(OCC(O)CN2CCN(Cc3ccccc3)CC2)cc1.COc1ccc(OCC2CO2)cc1.c1ccc(CN2CCNCC2)cc1. The number of rotatable bonds is 14. The molecule has 10 heteroatoms. The molecule has 0 aromatic heterocycles. The van der Waals surface area contributed by atoms with Crippen LogP contribution in [0.5, 0.6) is 23.0 Å². The molecule has 0 amide bonds. The van der Waals surface area contributed by atoms with E-state index in [0.29, 0.717) is 25.9 Å². The average molecular weight is 713 g/mol. The zero-order chi connectivity index (χ0) is 36.2. The third-order valence-electron chi connectivity index (χ3n) is 9.04. The lowest BCUT2D eigenvalue weighted by molar-refractivity contribution is 0.0446. The van der Waals surface area contributed by atoms with Crippen LogP contribution in [-0.4, -0.2) is 125 Å². The topological polar surface area (TPSA) is 91.4 Å². The van der Waals surface area contributed by atoms with Crippen molar-refractivity contribution < 1.29 is 28.8 Å². The molecule has 4 aromatic carbocycles. The predicted molar refractivity (Wildman–Crippen MR) is 205 cm³/mol. The largest absolute Gasteiger partial charge is 0.497 e. The van der Waals surface area contributed by atoms with Crippen molar-refractivity contribution in [2.45, 2.75) is 25.3 Å². The first-order chi connectivity index (χ1) is 25.6. The second-order valence-corrected chi connectivity index (χ2v) is 13.2. The van der Waals surface area contributed by atoms with Gasteiger partial charge < -0.3 is 34.1 Å². The van der Waals surface area contributed by atoms with Crippen LogP contribution in [-0.2, 0) is 17.8 Å². The third kappa shape index (κ3) is 14.8. The highest BCUT2D eigenvalue weighted by molar-refractivity contribution is 5.32. The Morgan fingerprint density at radius 1 is 0.615 bits per heavy atom. The Hall–Kier alpha value is -4.16. The van der Waals surface area contributed by atoms with Gasteiger partial charge in [-0.1, -0.05) is 60.7 Å². The molecular weight excluding hydrogens is 656 g/mol. The van der Waals surface area contributed by atoms with Crippen molar-refractivity contribution in [3.05, 3.63) is 120 Å². The minimum atomic E-state index is -0.488. The molecule has 3 aliphatic rings. The molecule has 3 aliphatic heterocycles. The van der Waals surface area contributed by atoms with E-state index in [1.807, 2.05) is 48.5 Å². The Labute approximate surface area is 309 Å². The summed E-state index contributed by atoms with van der Waals surface area (Å²) in [5.41, 5.74) is 2.78. The van der Waals surface area contributed by atoms with E-state index < -0.39 is 6.10 Å². The Kier molecular flexibility index (Phi) is 16.5. The predicted octanol–water partition coefficient (Wildman–Crippen LogP) is 4.82. The summed E-state index contributed by atoms with van der Waals surface area (Å²) >= 11 is 0. The van der Waals surface area contributed by atoms with Gasteiger partial charge in [-0.05, 0) is 59.7 Å². The summed E-state index contributed by atoms with van der Waals surface area (Å²) in [6, 6.07) is 36.2. The number of nitrogens with one attached hydrogen (secondary N) is 1. The Morgan fingerprint density at radius 2 is 1.06 bits per heavy atom. The summed E-state index contributed by atoms with van der Waals surface area (Å²) in [6.07, 6.45) is -0.181. The van der Waals surface area contributed by atoms with Crippen LogP contribution in [0.3, 0.4) is 0 Å². The summed E-state index contributed by atoms with van der Waals surface area (Å²) in [5, 5.41) is 13.6. The lowest BCUT2D eigenvalue weighted by atomic mass is 10.2. The Balaban J connectivity index is 0.000000168. The molecule has 3 fully saturated rings. The molecule has 10 nitrogen and oxygen atoms in total. The van der Waals surface area contributed by atoms with E-state index in [1.54, 1.807) is 14.2 Å². The van der Waals surface area contributed by atoms with E-state index in [-0.39, 0.29) is 0 Å². The Bertz CT molecular complexity index is 1500. The normalized spacial score (nSPS) is 18.1. The summed E-state index contributed by atoms with van der Waals surface area (Å²) < 4.78 is 26.3. The van der Waals surface area contributed by atoms with Gasteiger partial charge in [-0.15, -0.1) is 0 Å². The van der Waals surface area contributed by atoms with Crippen LogP contribution >= 0.6 is 0 Å².